The normalized spacial score (nSPS) is 7.50. The van der Waals surface area contributed by atoms with Gasteiger partial charge in [-0.3, -0.25) is 0 Å². The monoisotopic (exact) mass is 450 g/mol. The second-order valence-corrected chi connectivity index (χ2v) is 25.9. The smallest absolute Gasteiger partial charge is 2.00 e. The molecule has 0 nitrogen and oxygen atoms in total. The van der Waals surface area contributed by atoms with Crippen LogP contribution in [0.1, 0.15) is 0 Å². The number of halogens is 6. The molecule has 0 N–H and O–H groups in total. The predicted octanol–water partition coefficient (Wildman–Crippen LogP) is -4.00. The minimum Gasteiger partial charge on any atom is 2.00 e. The molecule has 0 aromatic carbocycles. The third-order valence-electron chi connectivity index (χ3n) is 0. The van der Waals surface area contributed by atoms with E-state index in [0.29, 0.717) is 0 Å². The Morgan fingerprint density at radius 2 is 0.750 bits per heavy atom. The van der Waals surface area contributed by atoms with Crippen molar-refractivity contribution in [2.45, 2.75) is 0 Å². The molecule has 50 valence electrons. The number of hydrogen-bond acceptors (Lipinski definition) is 0. The average Bonchev–Trinajstić information content (AvgIpc) is 0.722. The van der Waals surface area contributed by atoms with E-state index >= 15 is 0 Å². The summed E-state index contributed by atoms with van der Waals surface area (Å²) >= 11 is -3.29. The summed E-state index contributed by atoms with van der Waals surface area (Å²) in [6, 6.07) is 0. The quantitative estimate of drug-likeness (QED) is 0.331. The Balaban J connectivity index is -0.0000000267. The largest absolute Gasteiger partial charge is 2.00 e. The van der Waals surface area contributed by atoms with Crippen LogP contribution in [-0.2, 0) is 0 Å². The standard InChI is InChI=1S/6ClH.2Sn/h6*1H;;/q;;;;;;+2;+4/p-6. The van der Waals surface area contributed by atoms with Crippen molar-refractivity contribution in [3.05, 3.63) is 0 Å². The van der Waals surface area contributed by atoms with E-state index in [0.717, 1.165) is 0 Å². The molecule has 8 heteroatoms. The van der Waals surface area contributed by atoms with E-state index in [1.54, 1.807) is 0 Å². The van der Waals surface area contributed by atoms with E-state index in [1.165, 1.54) is 0 Å². The van der Waals surface area contributed by atoms with Crippen molar-refractivity contribution in [2.75, 3.05) is 0 Å². The molecular weight excluding hydrogens is 450 g/mol. The third kappa shape index (κ3) is 58.3. The van der Waals surface area contributed by atoms with Crippen LogP contribution in [0.4, 0.5) is 0 Å². The number of rotatable bonds is 0. The second-order valence-electron chi connectivity index (χ2n) is 0.429. The van der Waals surface area contributed by atoms with Gasteiger partial charge in [-0.1, -0.05) is 0 Å². The summed E-state index contributed by atoms with van der Waals surface area (Å²) in [5.74, 6) is 0. The first-order chi connectivity index (χ1) is 2.00. The van der Waals surface area contributed by atoms with Gasteiger partial charge in [0.2, 0.25) is 0 Å². The van der Waals surface area contributed by atoms with E-state index in [4.69, 9.17) is 35.7 Å². The molecule has 0 aromatic heterocycles. The zero-order chi connectivity index (χ0) is 4.50. The van der Waals surface area contributed by atoms with Gasteiger partial charge in [0, 0.05) is 0 Å². The molecule has 0 aromatic rings. The van der Waals surface area contributed by atoms with Gasteiger partial charge in [-0.2, -0.15) is 0 Å². The van der Waals surface area contributed by atoms with Gasteiger partial charge in [0.1, 0.15) is 0 Å². The Morgan fingerprint density at radius 3 is 0.750 bits per heavy atom. The fourth-order valence-electron chi connectivity index (χ4n) is 0. The molecule has 0 unspecified atom stereocenters. The topological polar surface area (TPSA) is 0 Å². The Hall–Kier alpha value is 3.34. The number of hydrogen-bond donors (Lipinski definition) is 0. The maximum Gasteiger partial charge on any atom is 2.00 e. The van der Waals surface area contributed by atoms with E-state index < -0.39 is 13.9 Å². The summed E-state index contributed by atoms with van der Waals surface area (Å²) < 4.78 is 0. The van der Waals surface area contributed by atoms with Crippen LogP contribution < -0.4 is 24.8 Å². The third-order valence-corrected chi connectivity index (χ3v) is 0. The fraction of sp³-hybridized carbons (Fsp3) is 0. The van der Waals surface area contributed by atoms with Crippen molar-refractivity contribution >= 4 is 73.5 Å². The minimum absolute atomic E-state index is 0. The molecule has 0 heterocycles. The van der Waals surface area contributed by atoms with E-state index in [-0.39, 0.29) is 48.7 Å². The van der Waals surface area contributed by atoms with Crippen LogP contribution in [0.15, 0.2) is 0 Å². The fourth-order valence-corrected chi connectivity index (χ4v) is 0. The van der Waals surface area contributed by atoms with Crippen LogP contribution in [0.5, 0.6) is 0 Å². The zero-order valence-corrected chi connectivity index (χ0v) is 13.5. The summed E-state index contributed by atoms with van der Waals surface area (Å²) in [4.78, 5) is 0. The Morgan fingerprint density at radius 1 is 0.750 bits per heavy atom. The van der Waals surface area contributed by atoms with Gasteiger partial charge in [-0.15, -0.1) is 0 Å². The van der Waals surface area contributed by atoms with Crippen LogP contribution in [-0.4, -0.2) is 37.8 Å². The summed E-state index contributed by atoms with van der Waals surface area (Å²) in [5.41, 5.74) is 0. The molecule has 2 radical (unpaired) electrons. The van der Waals surface area contributed by atoms with Crippen LogP contribution in [0, 0.1) is 0 Å². The van der Waals surface area contributed by atoms with Crippen LogP contribution in [0.2, 0.25) is 0 Å². The minimum atomic E-state index is -3.29. The van der Waals surface area contributed by atoms with E-state index in [2.05, 4.69) is 0 Å². The predicted molar refractivity (Wildman–Crippen MR) is 34.9 cm³/mol. The van der Waals surface area contributed by atoms with Crippen LogP contribution >= 0.6 is 35.7 Å². The second kappa shape index (κ2) is 10.3. The van der Waals surface area contributed by atoms with Crippen LogP contribution in [0.25, 0.3) is 0 Å². The van der Waals surface area contributed by atoms with Gasteiger partial charge >= 0.3 is 73.5 Å². The summed E-state index contributed by atoms with van der Waals surface area (Å²) in [7, 11) is 20.1. The van der Waals surface area contributed by atoms with Gasteiger partial charge in [-0.05, 0) is 0 Å². The van der Waals surface area contributed by atoms with Gasteiger partial charge in [0.15, 0.2) is 0 Å². The molecule has 0 saturated heterocycles. The first-order valence-electron chi connectivity index (χ1n) is 0.756. The Kier molecular flexibility index (Phi) is 29.1. The first kappa shape index (κ1) is 22.5. The molecule has 0 fully saturated rings. The van der Waals surface area contributed by atoms with Crippen molar-refractivity contribution < 1.29 is 24.8 Å². The molecule has 0 amide bonds. The van der Waals surface area contributed by atoms with Gasteiger partial charge in [0.25, 0.3) is 0 Å². The molecule has 0 atom stereocenters. The first-order valence-corrected chi connectivity index (χ1v) is 15.2. The van der Waals surface area contributed by atoms with E-state index in [9.17, 15) is 0 Å². The molecule has 8 heavy (non-hydrogen) atoms. The molecule has 0 saturated carbocycles. The molecule has 0 aliphatic carbocycles. The van der Waals surface area contributed by atoms with Crippen molar-refractivity contribution in [3.8, 4) is 0 Å². The molecular formula is Cl6Sn2. The zero-order valence-electron chi connectivity index (χ0n) is 3.27. The molecule has 0 spiro atoms. The molecule has 0 rings (SSSR count). The maximum atomic E-state index is 5.04. The average molecular weight is 450 g/mol. The Labute approximate surface area is 96.5 Å². The molecule has 0 bridgehead atoms. The summed E-state index contributed by atoms with van der Waals surface area (Å²) in [5, 5.41) is 0. The van der Waals surface area contributed by atoms with E-state index in [1.807, 2.05) is 0 Å². The van der Waals surface area contributed by atoms with Gasteiger partial charge in [0.05, 0.1) is 0 Å². The molecule has 0 aliphatic rings. The van der Waals surface area contributed by atoms with Gasteiger partial charge < -0.3 is 24.8 Å². The van der Waals surface area contributed by atoms with Crippen molar-refractivity contribution in [2.24, 2.45) is 0 Å². The Bertz CT molecular complexity index is 22.0. The SMILES string of the molecule is [Cl-].[Cl-].[Cl][Sn]([Cl])([Cl])[Cl].[Sn+2]. The van der Waals surface area contributed by atoms with Crippen molar-refractivity contribution in [1.29, 1.82) is 0 Å². The summed E-state index contributed by atoms with van der Waals surface area (Å²) in [6.07, 6.45) is 0. The maximum absolute atomic E-state index is 5.04. The van der Waals surface area contributed by atoms with Crippen molar-refractivity contribution in [3.63, 3.8) is 0 Å². The van der Waals surface area contributed by atoms with Crippen LogP contribution in [0.3, 0.4) is 0 Å². The van der Waals surface area contributed by atoms with Crippen molar-refractivity contribution in [1.82, 2.24) is 0 Å². The van der Waals surface area contributed by atoms with Gasteiger partial charge in [-0.25, -0.2) is 0 Å². The summed E-state index contributed by atoms with van der Waals surface area (Å²) in [6.45, 7) is 0. The molecule has 0 aliphatic heterocycles.